The van der Waals surface area contributed by atoms with Crippen molar-refractivity contribution in [2.24, 2.45) is 11.8 Å². The van der Waals surface area contributed by atoms with Crippen molar-refractivity contribution in [2.45, 2.75) is 44.4 Å². The van der Waals surface area contributed by atoms with Crippen molar-refractivity contribution in [3.05, 3.63) is 65.7 Å². The molecule has 5 nitrogen and oxygen atoms in total. The molecule has 0 aromatic heterocycles. The molecular weight excluding hydrogens is 396 g/mol. The predicted molar refractivity (Wildman–Crippen MR) is 120 cm³/mol. The fourth-order valence-electron chi connectivity index (χ4n) is 3.94. The van der Waals surface area contributed by atoms with Crippen LogP contribution in [0.3, 0.4) is 0 Å². The zero-order valence-corrected chi connectivity index (χ0v) is 18.7. The zero-order valence-electron chi connectivity index (χ0n) is 17.9. The van der Waals surface area contributed by atoms with E-state index in [2.05, 4.69) is 18.6 Å². The van der Waals surface area contributed by atoms with Gasteiger partial charge in [0.15, 0.2) is 0 Å². The Kier molecular flexibility index (Phi) is 7.67. The summed E-state index contributed by atoms with van der Waals surface area (Å²) in [5, 5.41) is 0. The predicted octanol–water partition coefficient (Wildman–Crippen LogP) is 4.11. The molecule has 1 heterocycles. The highest BCUT2D eigenvalue weighted by atomic mass is 32.2. The van der Waals surface area contributed by atoms with E-state index < -0.39 is 10.0 Å². The first-order chi connectivity index (χ1) is 14.3. The van der Waals surface area contributed by atoms with Gasteiger partial charge in [-0.25, -0.2) is 13.1 Å². The van der Waals surface area contributed by atoms with E-state index in [-0.39, 0.29) is 5.91 Å². The monoisotopic (exact) mass is 428 g/mol. The van der Waals surface area contributed by atoms with Crippen LogP contribution in [-0.2, 0) is 16.4 Å². The lowest BCUT2D eigenvalue weighted by Crippen LogP contribution is -2.39. The van der Waals surface area contributed by atoms with Crippen LogP contribution in [-0.4, -0.2) is 38.9 Å². The van der Waals surface area contributed by atoms with Gasteiger partial charge in [-0.1, -0.05) is 44.2 Å². The molecule has 162 valence electrons. The van der Waals surface area contributed by atoms with E-state index in [1.165, 1.54) is 0 Å². The van der Waals surface area contributed by atoms with Gasteiger partial charge in [-0.2, -0.15) is 0 Å². The summed E-state index contributed by atoms with van der Waals surface area (Å²) in [6.45, 7) is 6.17. The maximum absolute atomic E-state index is 12.5. The third-order valence-electron chi connectivity index (χ3n) is 5.64. The first-order valence-electron chi connectivity index (χ1n) is 10.8. The number of rotatable bonds is 8. The largest absolute Gasteiger partial charge is 0.339 e. The molecule has 1 fully saturated rings. The average molecular weight is 429 g/mol. The summed E-state index contributed by atoms with van der Waals surface area (Å²) in [6.07, 6.45) is 3.55. The van der Waals surface area contributed by atoms with Crippen LogP contribution >= 0.6 is 0 Å². The van der Waals surface area contributed by atoms with Crippen molar-refractivity contribution in [3.8, 4) is 0 Å². The molecule has 1 aliphatic rings. The minimum absolute atomic E-state index is 0.0793. The zero-order chi connectivity index (χ0) is 21.6. The highest BCUT2D eigenvalue weighted by Crippen LogP contribution is 2.22. The maximum Gasteiger partial charge on any atom is 0.253 e. The lowest BCUT2D eigenvalue weighted by Gasteiger charge is -2.32. The second kappa shape index (κ2) is 10.2. The standard InChI is InChI=1S/C24H32N2O3S/c1-19(2)18-21-8-10-23(11-9-21)30(28,29)25-15-12-20-13-16-26(17-14-20)24(27)22-6-4-3-5-7-22/h3-11,19-20,25H,12-18H2,1-2H3. The molecule has 1 amide bonds. The molecule has 0 aliphatic carbocycles. The fourth-order valence-corrected chi connectivity index (χ4v) is 4.99. The van der Waals surface area contributed by atoms with Crippen LogP contribution in [0, 0.1) is 11.8 Å². The second-order valence-electron chi connectivity index (χ2n) is 8.53. The van der Waals surface area contributed by atoms with Gasteiger partial charge < -0.3 is 4.90 Å². The van der Waals surface area contributed by atoms with Crippen LogP contribution in [0.4, 0.5) is 0 Å². The third-order valence-corrected chi connectivity index (χ3v) is 7.12. The number of likely N-dealkylation sites (tertiary alicyclic amines) is 1. The topological polar surface area (TPSA) is 66.5 Å². The smallest absolute Gasteiger partial charge is 0.253 e. The number of nitrogens with one attached hydrogen (secondary N) is 1. The molecule has 0 spiro atoms. The summed E-state index contributed by atoms with van der Waals surface area (Å²) >= 11 is 0. The van der Waals surface area contributed by atoms with Crippen LogP contribution < -0.4 is 4.72 Å². The van der Waals surface area contributed by atoms with Crippen molar-refractivity contribution in [1.82, 2.24) is 9.62 Å². The molecule has 0 bridgehead atoms. The Bertz CT molecular complexity index is 917. The number of sulfonamides is 1. The highest BCUT2D eigenvalue weighted by Gasteiger charge is 2.24. The Morgan fingerprint density at radius 3 is 2.27 bits per heavy atom. The van der Waals surface area contributed by atoms with Gasteiger partial charge in [-0.05, 0) is 67.3 Å². The highest BCUT2D eigenvalue weighted by molar-refractivity contribution is 7.89. The molecule has 1 aliphatic heterocycles. The van der Waals surface area contributed by atoms with Crippen molar-refractivity contribution in [3.63, 3.8) is 0 Å². The summed E-state index contributed by atoms with van der Waals surface area (Å²) in [5.74, 6) is 1.05. The summed E-state index contributed by atoms with van der Waals surface area (Å²) in [7, 11) is -3.48. The van der Waals surface area contributed by atoms with Gasteiger partial charge in [0.1, 0.15) is 0 Å². The number of benzene rings is 2. The van der Waals surface area contributed by atoms with Crippen LogP contribution in [0.15, 0.2) is 59.5 Å². The Labute approximate surface area is 180 Å². The molecule has 2 aromatic rings. The van der Waals surface area contributed by atoms with Gasteiger partial charge in [0.2, 0.25) is 10.0 Å². The summed E-state index contributed by atoms with van der Waals surface area (Å²) in [5.41, 5.74) is 1.88. The molecular formula is C24H32N2O3S. The molecule has 0 radical (unpaired) electrons. The second-order valence-corrected chi connectivity index (χ2v) is 10.3. The number of hydrogen-bond donors (Lipinski definition) is 1. The number of amides is 1. The van der Waals surface area contributed by atoms with E-state index in [0.717, 1.165) is 49.9 Å². The van der Waals surface area contributed by atoms with E-state index in [1.54, 1.807) is 12.1 Å². The molecule has 0 atom stereocenters. The van der Waals surface area contributed by atoms with Gasteiger partial charge in [0.25, 0.3) is 5.91 Å². The number of hydrogen-bond acceptors (Lipinski definition) is 3. The Balaban J connectivity index is 1.44. The molecule has 0 saturated carbocycles. The Morgan fingerprint density at radius 2 is 1.67 bits per heavy atom. The molecule has 30 heavy (non-hydrogen) atoms. The quantitative estimate of drug-likeness (QED) is 0.688. The molecule has 1 saturated heterocycles. The van der Waals surface area contributed by atoms with E-state index in [4.69, 9.17) is 0 Å². The van der Waals surface area contributed by atoms with Crippen LogP contribution in [0.1, 0.15) is 49.0 Å². The normalized spacial score (nSPS) is 15.5. The van der Waals surface area contributed by atoms with Crippen molar-refractivity contribution < 1.29 is 13.2 Å². The first-order valence-corrected chi connectivity index (χ1v) is 12.3. The Hall–Kier alpha value is -2.18. The van der Waals surface area contributed by atoms with E-state index in [1.807, 2.05) is 47.4 Å². The third kappa shape index (κ3) is 6.16. The number of carbonyl (C=O) groups is 1. The number of piperidine rings is 1. The van der Waals surface area contributed by atoms with Gasteiger partial charge in [0.05, 0.1) is 4.90 Å². The van der Waals surface area contributed by atoms with Crippen molar-refractivity contribution >= 4 is 15.9 Å². The fraction of sp³-hybridized carbons (Fsp3) is 0.458. The molecule has 6 heteroatoms. The lowest BCUT2D eigenvalue weighted by molar-refractivity contribution is 0.0687. The molecule has 3 rings (SSSR count). The number of nitrogens with zero attached hydrogens (tertiary/aromatic N) is 1. The van der Waals surface area contributed by atoms with Gasteiger partial charge in [-0.15, -0.1) is 0 Å². The van der Waals surface area contributed by atoms with E-state index >= 15 is 0 Å². The van der Waals surface area contributed by atoms with E-state index in [0.29, 0.717) is 23.3 Å². The van der Waals surface area contributed by atoms with Gasteiger partial charge in [-0.3, -0.25) is 4.79 Å². The summed E-state index contributed by atoms with van der Waals surface area (Å²) < 4.78 is 27.8. The van der Waals surface area contributed by atoms with Gasteiger partial charge in [0, 0.05) is 25.2 Å². The minimum Gasteiger partial charge on any atom is -0.339 e. The maximum atomic E-state index is 12.5. The lowest BCUT2D eigenvalue weighted by atomic mass is 9.93. The Morgan fingerprint density at radius 1 is 1.03 bits per heavy atom. The molecule has 0 unspecified atom stereocenters. The summed E-state index contributed by atoms with van der Waals surface area (Å²) in [6, 6.07) is 16.5. The van der Waals surface area contributed by atoms with Crippen LogP contribution in [0.25, 0.3) is 0 Å². The van der Waals surface area contributed by atoms with Gasteiger partial charge >= 0.3 is 0 Å². The van der Waals surface area contributed by atoms with Crippen LogP contribution in [0.5, 0.6) is 0 Å². The SMILES string of the molecule is CC(C)Cc1ccc(S(=O)(=O)NCCC2CCN(C(=O)c3ccccc3)CC2)cc1. The average Bonchev–Trinajstić information content (AvgIpc) is 2.74. The minimum atomic E-state index is -3.48. The molecule has 2 aromatic carbocycles. The van der Waals surface area contributed by atoms with E-state index in [9.17, 15) is 13.2 Å². The van der Waals surface area contributed by atoms with Crippen molar-refractivity contribution in [2.75, 3.05) is 19.6 Å². The summed E-state index contributed by atoms with van der Waals surface area (Å²) in [4.78, 5) is 14.7. The number of carbonyl (C=O) groups excluding carboxylic acids is 1. The molecule has 1 N–H and O–H groups in total. The van der Waals surface area contributed by atoms with Crippen molar-refractivity contribution in [1.29, 1.82) is 0 Å². The first kappa shape index (κ1) is 22.5. The van der Waals surface area contributed by atoms with Crippen LogP contribution in [0.2, 0.25) is 0 Å².